The van der Waals surface area contributed by atoms with Gasteiger partial charge in [0.2, 0.25) is 0 Å². The molecule has 0 saturated carbocycles. The first-order valence-electron chi connectivity index (χ1n) is 11.2. The van der Waals surface area contributed by atoms with Crippen LogP contribution in [0.4, 0.5) is 0 Å². The number of aryl methyl sites for hydroxylation is 1. The molecule has 0 radical (unpaired) electrons. The third-order valence-corrected chi connectivity index (χ3v) is 6.26. The van der Waals surface area contributed by atoms with Gasteiger partial charge >= 0.3 is 0 Å². The van der Waals surface area contributed by atoms with Crippen LogP contribution in [0.15, 0.2) is 78.0 Å². The molecule has 0 saturated heterocycles. The molecule has 0 aliphatic rings. The van der Waals surface area contributed by atoms with Crippen molar-refractivity contribution in [3.8, 4) is 22.8 Å². The first kappa shape index (κ1) is 23.6. The van der Waals surface area contributed by atoms with Crippen molar-refractivity contribution in [2.24, 2.45) is 0 Å². The van der Waals surface area contributed by atoms with Crippen LogP contribution < -0.4 is 4.74 Å². The lowest BCUT2D eigenvalue weighted by Gasteiger charge is -2.13. The molecule has 0 aliphatic heterocycles. The maximum absolute atomic E-state index is 12.4. The average molecular weight is 473 g/mol. The van der Waals surface area contributed by atoms with Crippen molar-refractivity contribution in [3.05, 3.63) is 89.5 Å². The van der Waals surface area contributed by atoms with Crippen LogP contribution in [-0.4, -0.2) is 46.3 Å². The fourth-order valence-electron chi connectivity index (χ4n) is 3.63. The lowest BCUT2D eigenvalue weighted by atomic mass is 10.1. The van der Waals surface area contributed by atoms with E-state index < -0.39 is 0 Å². The van der Waals surface area contributed by atoms with Crippen molar-refractivity contribution in [2.45, 2.75) is 24.8 Å². The van der Waals surface area contributed by atoms with Crippen LogP contribution in [0, 0.1) is 6.92 Å². The molecule has 6 nitrogen and oxygen atoms in total. The Labute approximate surface area is 204 Å². The van der Waals surface area contributed by atoms with Gasteiger partial charge in [-0.2, -0.15) is 0 Å². The molecule has 4 aromatic rings. The number of hydrogen-bond donors (Lipinski definition) is 0. The zero-order valence-electron chi connectivity index (χ0n) is 19.9. The molecule has 0 bridgehead atoms. The molecule has 0 unspecified atom stereocenters. The Bertz CT molecular complexity index is 1280. The van der Waals surface area contributed by atoms with E-state index in [4.69, 9.17) is 4.74 Å². The fourth-order valence-corrected chi connectivity index (χ4v) is 4.52. The van der Waals surface area contributed by atoms with Crippen molar-refractivity contribution in [1.82, 2.24) is 19.7 Å². The van der Waals surface area contributed by atoms with Gasteiger partial charge in [-0.15, -0.1) is 10.2 Å². The van der Waals surface area contributed by atoms with Crippen LogP contribution in [0.3, 0.4) is 0 Å². The normalized spacial score (nSPS) is 10.8. The molecule has 0 atom stereocenters. The van der Waals surface area contributed by atoms with Crippen LogP contribution >= 0.6 is 11.8 Å². The number of thioether (sulfide) groups is 1. The Morgan fingerprint density at radius 2 is 1.76 bits per heavy atom. The van der Waals surface area contributed by atoms with Crippen molar-refractivity contribution in [2.75, 3.05) is 20.7 Å². The van der Waals surface area contributed by atoms with Gasteiger partial charge in [0.1, 0.15) is 5.75 Å². The monoisotopic (exact) mass is 472 g/mol. The number of rotatable bonds is 8. The van der Waals surface area contributed by atoms with Crippen LogP contribution in [0.5, 0.6) is 5.75 Å². The van der Waals surface area contributed by atoms with Crippen LogP contribution in [0.1, 0.15) is 28.4 Å². The fraction of sp³-hybridized carbons (Fsp3) is 0.222. The largest absolute Gasteiger partial charge is 0.494 e. The highest BCUT2D eigenvalue weighted by atomic mass is 32.2. The molecule has 0 aliphatic carbocycles. The molecular formula is C27H28N4O2S. The molecular weight excluding hydrogens is 444 g/mol. The smallest absolute Gasteiger partial charge is 0.253 e. The van der Waals surface area contributed by atoms with E-state index in [-0.39, 0.29) is 5.91 Å². The van der Waals surface area contributed by atoms with Gasteiger partial charge < -0.3 is 9.64 Å². The topological polar surface area (TPSA) is 60.2 Å². The van der Waals surface area contributed by atoms with Crippen LogP contribution in [-0.2, 0) is 5.75 Å². The molecule has 1 heterocycles. The second kappa shape index (κ2) is 10.6. The number of benzene rings is 3. The van der Waals surface area contributed by atoms with E-state index in [2.05, 4.69) is 33.8 Å². The van der Waals surface area contributed by atoms with Crippen molar-refractivity contribution < 1.29 is 9.53 Å². The summed E-state index contributed by atoms with van der Waals surface area (Å²) in [5, 5.41) is 9.85. The summed E-state index contributed by atoms with van der Waals surface area (Å²) >= 11 is 1.59. The Morgan fingerprint density at radius 3 is 2.47 bits per heavy atom. The maximum Gasteiger partial charge on any atom is 0.253 e. The predicted molar refractivity (Wildman–Crippen MR) is 137 cm³/mol. The second-order valence-electron chi connectivity index (χ2n) is 8.13. The highest BCUT2D eigenvalue weighted by Crippen LogP contribution is 2.31. The van der Waals surface area contributed by atoms with E-state index in [9.17, 15) is 4.79 Å². The van der Waals surface area contributed by atoms with Crippen LogP contribution in [0.25, 0.3) is 17.1 Å². The Kier molecular flexibility index (Phi) is 7.33. The van der Waals surface area contributed by atoms with E-state index in [0.717, 1.165) is 39.1 Å². The second-order valence-corrected chi connectivity index (χ2v) is 9.07. The highest BCUT2D eigenvalue weighted by molar-refractivity contribution is 7.98. The summed E-state index contributed by atoms with van der Waals surface area (Å²) in [7, 11) is 3.52. The molecule has 1 amide bonds. The van der Waals surface area contributed by atoms with Crippen LogP contribution in [0.2, 0.25) is 0 Å². The molecule has 3 aromatic carbocycles. The minimum Gasteiger partial charge on any atom is -0.494 e. The first-order chi connectivity index (χ1) is 16.5. The molecule has 34 heavy (non-hydrogen) atoms. The lowest BCUT2D eigenvalue weighted by molar-refractivity contribution is 0.0827. The molecule has 1 aromatic heterocycles. The average Bonchev–Trinajstić information content (AvgIpc) is 3.27. The number of ether oxygens (including phenoxy) is 1. The molecule has 0 N–H and O–H groups in total. The van der Waals surface area contributed by atoms with E-state index in [0.29, 0.717) is 17.9 Å². The van der Waals surface area contributed by atoms with E-state index >= 15 is 0 Å². The molecule has 0 fully saturated rings. The van der Waals surface area contributed by atoms with E-state index in [1.807, 2.05) is 67.6 Å². The minimum absolute atomic E-state index is 0.00821. The summed E-state index contributed by atoms with van der Waals surface area (Å²) in [6, 6.07) is 24.0. The first-order valence-corrected chi connectivity index (χ1v) is 12.1. The van der Waals surface area contributed by atoms with Crippen molar-refractivity contribution >= 4 is 17.7 Å². The van der Waals surface area contributed by atoms with Gasteiger partial charge in [0.25, 0.3) is 5.91 Å². The standard InChI is InChI=1S/C27H28N4O2S/c1-5-33-24-14-12-23(13-15-24)31-25(21-10-6-8-19(2)16-21)28-29-27(31)34-18-20-9-7-11-22(17-20)26(32)30(3)4/h6-17H,5,18H2,1-4H3. The Balaban J connectivity index is 1.68. The molecule has 7 heteroatoms. The van der Waals surface area contributed by atoms with E-state index in [1.54, 1.807) is 30.8 Å². The Morgan fingerprint density at radius 1 is 1.00 bits per heavy atom. The maximum atomic E-state index is 12.4. The summed E-state index contributed by atoms with van der Waals surface area (Å²) in [6.07, 6.45) is 0. The number of carbonyl (C=O) groups excluding carboxylic acids is 1. The number of carbonyl (C=O) groups is 1. The quantitative estimate of drug-likeness (QED) is 0.311. The van der Waals surface area contributed by atoms with Gasteiger partial charge in [0.15, 0.2) is 11.0 Å². The zero-order chi connectivity index (χ0) is 24.1. The Hall–Kier alpha value is -3.58. The summed E-state index contributed by atoms with van der Waals surface area (Å²) in [4.78, 5) is 13.9. The van der Waals surface area contributed by atoms with E-state index in [1.165, 1.54) is 0 Å². The van der Waals surface area contributed by atoms with Gasteiger partial charge in [-0.05, 0) is 61.9 Å². The van der Waals surface area contributed by atoms with Gasteiger partial charge in [-0.25, -0.2) is 0 Å². The lowest BCUT2D eigenvalue weighted by Crippen LogP contribution is -2.21. The highest BCUT2D eigenvalue weighted by Gasteiger charge is 2.17. The van der Waals surface area contributed by atoms with Crippen molar-refractivity contribution in [3.63, 3.8) is 0 Å². The van der Waals surface area contributed by atoms with Gasteiger partial charge in [-0.1, -0.05) is 47.7 Å². The SMILES string of the molecule is CCOc1ccc(-n2c(SCc3cccc(C(=O)N(C)C)c3)nnc2-c2cccc(C)c2)cc1. The number of amides is 1. The van der Waals surface area contributed by atoms with Crippen molar-refractivity contribution in [1.29, 1.82) is 0 Å². The van der Waals surface area contributed by atoms with Gasteiger partial charge in [-0.3, -0.25) is 9.36 Å². The third kappa shape index (κ3) is 5.31. The van der Waals surface area contributed by atoms with Gasteiger partial charge in [0.05, 0.1) is 6.61 Å². The minimum atomic E-state index is -0.00821. The third-order valence-electron chi connectivity index (χ3n) is 5.26. The number of hydrogen-bond acceptors (Lipinski definition) is 5. The molecule has 174 valence electrons. The summed E-state index contributed by atoms with van der Waals surface area (Å²) in [6.45, 7) is 4.66. The number of nitrogens with zero attached hydrogens (tertiary/aromatic N) is 4. The zero-order valence-corrected chi connectivity index (χ0v) is 20.7. The summed E-state index contributed by atoms with van der Waals surface area (Å²) in [5.41, 5.74) is 4.86. The summed E-state index contributed by atoms with van der Waals surface area (Å²) < 4.78 is 7.69. The number of aromatic nitrogens is 3. The molecule has 0 spiro atoms. The van der Waals surface area contributed by atoms with Gasteiger partial charge in [0, 0.05) is 36.7 Å². The molecule has 4 rings (SSSR count). The predicted octanol–water partition coefficient (Wildman–Crippen LogP) is 5.64. The summed E-state index contributed by atoms with van der Waals surface area (Å²) in [5.74, 6) is 2.27.